The van der Waals surface area contributed by atoms with Crippen LogP contribution in [0.2, 0.25) is 0 Å². The van der Waals surface area contributed by atoms with Crippen LogP contribution in [0.25, 0.3) is 0 Å². The molecule has 0 heterocycles. The van der Waals surface area contributed by atoms with E-state index < -0.39 is 17.4 Å². The minimum Gasteiger partial charge on any atom is -1.00 e. The van der Waals surface area contributed by atoms with Gasteiger partial charge in [-0.25, -0.2) is 0 Å². The number of carboxylic acids is 2. The summed E-state index contributed by atoms with van der Waals surface area (Å²) in [6.45, 7) is 4.17. The first-order valence-electron chi connectivity index (χ1n) is 9.48. The molecule has 24 heavy (non-hydrogen) atoms. The van der Waals surface area contributed by atoms with E-state index >= 15 is 0 Å². The van der Waals surface area contributed by atoms with Gasteiger partial charge in [-0.15, -0.1) is 0 Å². The number of unbranched alkanes of at least 4 members (excludes halogenated alkanes) is 10. The first kappa shape index (κ1) is 26.7. The molecule has 0 amide bonds. The maximum Gasteiger partial charge on any atom is 2.00 e. The Labute approximate surface area is 191 Å². The van der Waals surface area contributed by atoms with E-state index in [0.717, 1.165) is 19.3 Å². The average molecular weight is 468 g/mol. The van der Waals surface area contributed by atoms with Crippen LogP contribution in [0.1, 0.15) is 107 Å². The second-order valence-electron chi connectivity index (χ2n) is 6.73. The Balaban J connectivity index is -0.000000807. The Kier molecular flexibility index (Phi) is 18.9. The van der Waals surface area contributed by atoms with Gasteiger partial charge in [0.25, 0.3) is 0 Å². The average Bonchev–Trinajstić information content (AvgIpc) is 2.51. The Morgan fingerprint density at radius 3 is 1.38 bits per heavy atom. The van der Waals surface area contributed by atoms with Gasteiger partial charge in [0.2, 0.25) is 0 Å². The predicted molar refractivity (Wildman–Crippen MR) is 102 cm³/mol. The van der Waals surface area contributed by atoms with Crippen LogP contribution in [0.4, 0.5) is 0 Å². The molecule has 0 saturated heterocycles. The van der Waals surface area contributed by atoms with Crippen molar-refractivity contribution in [2.24, 2.45) is 5.41 Å². The van der Waals surface area contributed by atoms with E-state index in [9.17, 15) is 19.8 Å². The molecule has 0 unspecified atom stereocenters. The summed E-state index contributed by atoms with van der Waals surface area (Å²) in [7, 11) is 0. The first-order chi connectivity index (χ1) is 11.0. The maximum absolute atomic E-state index is 11.5. The van der Waals surface area contributed by atoms with Crippen LogP contribution in [-0.4, -0.2) is 71.0 Å². The summed E-state index contributed by atoms with van der Waals surface area (Å²) in [5, 5.41) is 18.8. The normalized spacial score (nSPS) is 11.1. The van der Waals surface area contributed by atoms with Gasteiger partial charge in [0.1, 0.15) is 0 Å². The maximum atomic E-state index is 11.5. The van der Waals surface area contributed by atoms with Gasteiger partial charge >= 0.3 is 60.8 Å². The van der Waals surface area contributed by atoms with E-state index in [4.69, 9.17) is 0 Å². The number of hydrogen-bond acceptors (Lipinski definition) is 2. The van der Waals surface area contributed by atoms with E-state index in [-0.39, 0.29) is 64.6 Å². The molecule has 0 aliphatic carbocycles. The predicted octanol–water partition coefficient (Wildman–Crippen LogP) is 5.49. The number of aliphatic carboxylic acids is 2. The van der Waals surface area contributed by atoms with Crippen LogP contribution < -0.4 is 0 Å². The molecule has 140 valence electrons. The Bertz CT molecular complexity index is 328. The van der Waals surface area contributed by atoms with E-state index in [1.807, 2.05) is 6.92 Å². The summed E-state index contributed by atoms with van der Waals surface area (Å²) in [5.41, 5.74) is -1.57. The fourth-order valence-corrected chi connectivity index (χ4v) is 3.04. The van der Waals surface area contributed by atoms with Crippen molar-refractivity contribution in [3.63, 3.8) is 0 Å². The second-order valence-corrected chi connectivity index (χ2v) is 6.73. The Hall–Kier alpha value is 0.511. The molecular weight excluding hydrogens is 430 g/mol. The molecule has 0 atom stereocenters. The zero-order valence-corrected chi connectivity index (χ0v) is 20.3. The standard InChI is InChI=1S/C19H36O4.Ba.2H/c1-3-5-7-8-9-10-11-12-13-14-16-19(17(20)21,18(22)23)15-6-4-2;;;/h3-16H2,1-2H3,(H,20,21)(H,22,23);;;/q;+2;2*-1. The van der Waals surface area contributed by atoms with Crippen molar-refractivity contribution in [2.75, 3.05) is 0 Å². The summed E-state index contributed by atoms with van der Waals surface area (Å²) >= 11 is 0. The van der Waals surface area contributed by atoms with Crippen LogP contribution >= 0.6 is 0 Å². The van der Waals surface area contributed by atoms with Crippen molar-refractivity contribution in [1.29, 1.82) is 0 Å². The summed E-state index contributed by atoms with van der Waals surface area (Å²) in [4.78, 5) is 23.0. The van der Waals surface area contributed by atoms with Crippen LogP contribution in [0, 0.1) is 5.41 Å². The molecule has 4 nitrogen and oxygen atoms in total. The minimum atomic E-state index is -1.57. The molecule has 2 N–H and O–H groups in total. The van der Waals surface area contributed by atoms with Gasteiger partial charge in [0.05, 0.1) is 0 Å². The van der Waals surface area contributed by atoms with Crippen molar-refractivity contribution < 1.29 is 22.7 Å². The van der Waals surface area contributed by atoms with E-state index in [0.29, 0.717) is 12.8 Å². The van der Waals surface area contributed by atoms with Crippen LogP contribution in [0.5, 0.6) is 0 Å². The first-order valence-corrected chi connectivity index (χ1v) is 9.48. The number of carbonyl (C=O) groups is 2. The number of hydrogen-bond donors (Lipinski definition) is 2. The zero-order valence-electron chi connectivity index (χ0n) is 17.8. The van der Waals surface area contributed by atoms with Crippen LogP contribution in [0.3, 0.4) is 0 Å². The molecule has 0 spiro atoms. The summed E-state index contributed by atoms with van der Waals surface area (Å²) in [6.07, 6.45) is 13.6. The zero-order chi connectivity index (χ0) is 17.6. The number of carboxylic acid groups (broad SMARTS) is 2. The van der Waals surface area contributed by atoms with Crippen molar-refractivity contribution in [1.82, 2.24) is 0 Å². The summed E-state index contributed by atoms with van der Waals surface area (Å²) in [5.74, 6) is -2.34. The molecule has 0 aromatic rings. The van der Waals surface area contributed by atoms with Crippen LogP contribution in [0.15, 0.2) is 0 Å². The van der Waals surface area contributed by atoms with Crippen molar-refractivity contribution in [3.8, 4) is 0 Å². The Morgan fingerprint density at radius 1 is 0.667 bits per heavy atom. The fraction of sp³-hybridized carbons (Fsp3) is 0.895. The second kappa shape index (κ2) is 17.0. The minimum absolute atomic E-state index is 0. The van der Waals surface area contributed by atoms with Gasteiger partial charge in [0.15, 0.2) is 5.41 Å². The van der Waals surface area contributed by atoms with Gasteiger partial charge in [-0.2, -0.15) is 0 Å². The SMILES string of the molecule is CCCCCCCCCCCCC(CCCC)(C(=O)O)C(=O)O.[Ba+2].[H-].[H-]. The van der Waals surface area contributed by atoms with Crippen molar-refractivity contribution in [3.05, 3.63) is 0 Å². The fourth-order valence-electron chi connectivity index (χ4n) is 3.04. The Morgan fingerprint density at radius 2 is 1.00 bits per heavy atom. The summed E-state index contributed by atoms with van der Waals surface area (Å²) in [6, 6.07) is 0. The molecule has 0 aromatic heterocycles. The van der Waals surface area contributed by atoms with Gasteiger partial charge in [-0.05, 0) is 12.8 Å². The van der Waals surface area contributed by atoms with Gasteiger partial charge in [0, 0.05) is 0 Å². The third-order valence-electron chi connectivity index (χ3n) is 4.73. The van der Waals surface area contributed by atoms with Crippen molar-refractivity contribution >= 4 is 60.8 Å². The molecule has 0 fully saturated rings. The van der Waals surface area contributed by atoms with Gasteiger partial charge in [-0.3, -0.25) is 9.59 Å². The molecule has 0 bridgehead atoms. The molecule has 5 heteroatoms. The molecule has 0 aliphatic heterocycles. The van der Waals surface area contributed by atoms with Gasteiger partial charge < -0.3 is 13.1 Å². The van der Waals surface area contributed by atoms with E-state index in [1.165, 1.54) is 44.9 Å². The molecule has 0 saturated carbocycles. The largest absolute Gasteiger partial charge is 2.00 e. The summed E-state index contributed by atoms with van der Waals surface area (Å²) < 4.78 is 0. The molecule has 0 aliphatic rings. The quantitative estimate of drug-likeness (QED) is 0.179. The molecular formula is C19H38BaO4. The monoisotopic (exact) mass is 468 g/mol. The molecule has 0 rings (SSSR count). The molecule has 0 radical (unpaired) electrons. The molecule has 0 aromatic carbocycles. The van der Waals surface area contributed by atoms with Gasteiger partial charge in [-0.1, -0.05) is 90.9 Å². The van der Waals surface area contributed by atoms with E-state index in [1.54, 1.807) is 0 Å². The topological polar surface area (TPSA) is 74.6 Å². The van der Waals surface area contributed by atoms with E-state index in [2.05, 4.69) is 6.92 Å². The number of rotatable bonds is 16. The third kappa shape index (κ3) is 11.2. The van der Waals surface area contributed by atoms with Crippen LogP contribution in [-0.2, 0) is 9.59 Å². The van der Waals surface area contributed by atoms with Crippen molar-refractivity contribution in [2.45, 2.75) is 104 Å². The smallest absolute Gasteiger partial charge is 1.00 e. The third-order valence-corrected chi connectivity index (χ3v) is 4.73.